The van der Waals surface area contributed by atoms with Gasteiger partial charge in [-0.2, -0.15) is 0 Å². The summed E-state index contributed by atoms with van der Waals surface area (Å²) >= 11 is 0. The molecule has 0 aromatic rings. The highest BCUT2D eigenvalue weighted by Gasteiger charge is 2.31. The van der Waals surface area contributed by atoms with Crippen molar-refractivity contribution in [1.82, 2.24) is 5.32 Å². The number of carbonyl (C=O) groups excluding carboxylic acids is 1. The van der Waals surface area contributed by atoms with Gasteiger partial charge in [0.05, 0.1) is 38.3 Å². The zero-order valence-electron chi connectivity index (χ0n) is 13.9. The van der Waals surface area contributed by atoms with E-state index in [2.05, 4.69) is 5.32 Å². The Morgan fingerprint density at radius 2 is 1.77 bits per heavy atom. The summed E-state index contributed by atoms with van der Waals surface area (Å²) in [7, 11) is 0. The number of hydrogen-bond acceptors (Lipinski definition) is 2. The molecule has 0 aliphatic carbocycles. The van der Waals surface area contributed by atoms with Gasteiger partial charge < -0.3 is 19.9 Å². The van der Waals surface area contributed by atoms with E-state index in [-0.39, 0.29) is 12.0 Å². The van der Waals surface area contributed by atoms with Crippen molar-refractivity contribution in [2.45, 2.75) is 57.1 Å². The molecule has 0 spiro atoms. The molecule has 3 rings (SSSR count). The Labute approximate surface area is 134 Å². The SMILES string of the molecule is O=C(C[NH+]1CCC([NH+]2CCCCC2)CC1)NC[C@@H]1CCCO1. The molecule has 0 aromatic carbocycles. The maximum Gasteiger partial charge on any atom is 0.275 e. The highest BCUT2D eigenvalue weighted by Crippen LogP contribution is 2.10. The van der Waals surface area contributed by atoms with E-state index in [4.69, 9.17) is 4.74 Å². The minimum atomic E-state index is 0.203. The number of carbonyl (C=O) groups is 1. The Morgan fingerprint density at radius 3 is 2.45 bits per heavy atom. The first kappa shape index (κ1) is 16.2. The Hall–Kier alpha value is -0.650. The van der Waals surface area contributed by atoms with Crippen LogP contribution in [0.1, 0.15) is 44.9 Å². The molecule has 0 aromatic heterocycles. The zero-order valence-corrected chi connectivity index (χ0v) is 13.9. The molecule has 0 radical (unpaired) electrons. The van der Waals surface area contributed by atoms with Gasteiger partial charge in [0.1, 0.15) is 0 Å². The molecule has 3 aliphatic heterocycles. The van der Waals surface area contributed by atoms with Crippen LogP contribution in [-0.4, -0.2) is 63.9 Å². The van der Waals surface area contributed by atoms with E-state index in [1.165, 1.54) is 63.2 Å². The molecule has 0 bridgehead atoms. The van der Waals surface area contributed by atoms with Crippen LogP contribution in [0.5, 0.6) is 0 Å². The number of quaternary nitrogens is 2. The normalized spacial score (nSPS) is 33.7. The summed E-state index contributed by atoms with van der Waals surface area (Å²) in [5.41, 5.74) is 0. The van der Waals surface area contributed by atoms with Crippen LogP contribution in [0, 0.1) is 0 Å². The molecule has 5 heteroatoms. The van der Waals surface area contributed by atoms with Crippen LogP contribution in [0.3, 0.4) is 0 Å². The second kappa shape index (κ2) is 8.27. The van der Waals surface area contributed by atoms with Crippen LogP contribution < -0.4 is 15.1 Å². The van der Waals surface area contributed by atoms with E-state index in [1.54, 1.807) is 0 Å². The number of rotatable bonds is 5. The maximum absolute atomic E-state index is 12.1. The van der Waals surface area contributed by atoms with E-state index in [9.17, 15) is 4.79 Å². The third-order valence-electron chi connectivity index (χ3n) is 5.73. The van der Waals surface area contributed by atoms with Crippen molar-refractivity contribution in [3.05, 3.63) is 0 Å². The third kappa shape index (κ3) is 4.67. The molecule has 3 N–H and O–H groups in total. The number of piperidine rings is 2. The van der Waals surface area contributed by atoms with Crippen molar-refractivity contribution in [2.24, 2.45) is 0 Å². The van der Waals surface area contributed by atoms with Gasteiger partial charge in [0, 0.05) is 26.0 Å². The monoisotopic (exact) mass is 311 g/mol. The van der Waals surface area contributed by atoms with Gasteiger partial charge in [0.15, 0.2) is 6.54 Å². The Bertz CT molecular complexity index is 344. The summed E-state index contributed by atoms with van der Waals surface area (Å²) in [6, 6.07) is 0.860. The molecule has 0 saturated carbocycles. The summed E-state index contributed by atoms with van der Waals surface area (Å²) in [5.74, 6) is 0.203. The molecule has 1 atom stereocenters. The van der Waals surface area contributed by atoms with Crippen molar-refractivity contribution in [1.29, 1.82) is 0 Å². The van der Waals surface area contributed by atoms with E-state index in [0.29, 0.717) is 13.1 Å². The fourth-order valence-electron chi connectivity index (χ4n) is 4.35. The molecular weight excluding hydrogens is 278 g/mol. The second-order valence-electron chi connectivity index (χ2n) is 7.36. The van der Waals surface area contributed by atoms with E-state index < -0.39 is 0 Å². The van der Waals surface area contributed by atoms with Crippen molar-refractivity contribution in [2.75, 3.05) is 45.9 Å². The number of amides is 1. The predicted octanol–water partition coefficient (Wildman–Crippen LogP) is -1.60. The number of hydrogen-bond donors (Lipinski definition) is 3. The Kier molecular flexibility index (Phi) is 6.10. The first-order chi connectivity index (χ1) is 10.8. The van der Waals surface area contributed by atoms with Crippen LogP contribution >= 0.6 is 0 Å². The lowest BCUT2D eigenvalue weighted by molar-refractivity contribution is -0.958. The van der Waals surface area contributed by atoms with Gasteiger partial charge in [-0.1, -0.05) is 0 Å². The quantitative estimate of drug-likeness (QED) is 0.573. The molecule has 3 aliphatic rings. The fourth-order valence-corrected chi connectivity index (χ4v) is 4.35. The summed E-state index contributed by atoms with van der Waals surface area (Å²) in [6.07, 6.45) is 9.33. The van der Waals surface area contributed by atoms with Crippen molar-refractivity contribution in [3.63, 3.8) is 0 Å². The molecule has 0 unspecified atom stereocenters. The van der Waals surface area contributed by atoms with E-state index >= 15 is 0 Å². The lowest BCUT2D eigenvalue weighted by Gasteiger charge is -2.35. The molecule has 22 heavy (non-hydrogen) atoms. The minimum Gasteiger partial charge on any atom is -0.376 e. The lowest BCUT2D eigenvalue weighted by Crippen LogP contribution is -3.21. The predicted molar refractivity (Wildman–Crippen MR) is 85.1 cm³/mol. The molecular formula is C17H33N3O2+2. The number of nitrogens with one attached hydrogen (secondary N) is 3. The second-order valence-corrected chi connectivity index (χ2v) is 7.36. The van der Waals surface area contributed by atoms with Crippen molar-refractivity contribution >= 4 is 5.91 Å². The summed E-state index contributed by atoms with van der Waals surface area (Å²) in [6.45, 7) is 7.30. The van der Waals surface area contributed by atoms with Gasteiger partial charge in [-0.25, -0.2) is 0 Å². The fraction of sp³-hybridized carbons (Fsp3) is 0.941. The summed E-state index contributed by atoms with van der Waals surface area (Å²) in [4.78, 5) is 15.4. The highest BCUT2D eigenvalue weighted by molar-refractivity contribution is 5.76. The van der Waals surface area contributed by atoms with Gasteiger partial charge in [0.2, 0.25) is 0 Å². The maximum atomic E-state index is 12.1. The molecule has 126 valence electrons. The first-order valence-electron chi connectivity index (χ1n) is 9.38. The van der Waals surface area contributed by atoms with Crippen molar-refractivity contribution < 1.29 is 19.3 Å². The summed E-state index contributed by atoms with van der Waals surface area (Å²) < 4.78 is 5.55. The molecule has 1 amide bonds. The van der Waals surface area contributed by atoms with E-state index in [0.717, 1.165) is 25.5 Å². The van der Waals surface area contributed by atoms with Crippen LogP contribution in [-0.2, 0) is 9.53 Å². The zero-order chi connectivity index (χ0) is 15.2. The van der Waals surface area contributed by atoms with Gasteiger partial charge in [-0.3, -0.25) is 4.79 Å². The Balaban J connectivity index is 1.31. The standard InChI is InChI=1S/C17H31N3O2/c21-17(18-13-16-5-4-12-22-16)14-19-10-6-15(7-11-19)20-8-2-1-3-9-20/h15-16H,1-14H2,(H,18,21)/p+2/t16-/m0/s1. The van der Waals surface area contributed by atoms with Crippen LogP contribution in [0.15, 0.2) is 0 Å². The lowest BCUT2D eigenvalue weighted by atomic mass is 10.00. The Morgan fingerprint density at radius 1 is 1.00 bits per heavy atom. The van der Waals surface area contributed by atoms with Crippen molar-refractivity contribution in [3.8, 4) is 0 Å². The van der Waals surface area contributed by atoms with Gasteiger partial charge in [-0.15, -0.1) is 0 Å². The molecule has 3 saturated heterocycles. The van der Waals surface area contributed by atoms with Crippen LogP contribution in [0.25, 0.3) is 0 Å². The highest BCUT2D eigenvalue weighted by atomic mass is 16.5. The molecule has 3 fully saturated rings. The van der Waals surface area contributed by atoms with Gasteiger partial charge >= 0.3 is 0 Å². The molecule has 3 heterocycles. The number of likely N-dealkylation sites (tertiary alicyclic amines) is 2. The molecule has 5 nitrogen and oxygen atoms in total. The third-order valence-corrected chi connectivity index (χ3v) is 5.73. The smallest absolute Gasteiger partial charge is 0.275 e. The average molecular weight is 311 g/mol. The summed E-state index contributed by atoms with van der Waals surface area (Å²) in [5, 5.41) is 3.06. The van der Waals surface area contributed by atoms with Gasteiger partial charge in [-0.05, 0) is 32.1 Å². The topological polar surface area (TPSA) is 47.2 Å². The van der Waals surface area contributed by atoms with Crippen LogP contribution in [0.2, 0.25) is 0 Å². The minimum absolute atomic E-state index is 0.203. The van der Waals surface area contributed by atoms with Crippen LogP contribution in [0.4, 0.5) is 0 Å². The van der Waals surface area contributed by atoms with Gasteiger partial charge in [0.25, 0.3) is 5.91 Å². The largest absolute Gasteiger partial charge is 0.376 e. The number of ether oxygens (including phenoxy) is 1. The van der Waals surface area contributed by atoms with E-state index in [1.807, 2.05) is 4.90 Å². The first-order valence-corrected chi connectivity index (χ1v) is 9.38. The average Bonchev–Trinajstić information content (AvgIpc) is 3.08.